The number of nitrogens with one attached hydrogen (secondary N) is 1. The number of hydrogen-bond acceptors (Lipinski definition) is 6. The summed E-state index contributed by atoms with van der Waals surface area (Å²) in [5.41, 5.74) is 2.67. The first-order valence-electron chi connectivity index (χ1n) is 11.9. The fourth-order valence-electron chi connectivity index (χ4n) is 3.75. The maximum absolute atomic E-state index is 13.6. The summed E-state index contributed by atoms with van der Waals surface area (Å²) < 4.78 is 41.5. The molecule has 10 heteroatoms. The van der Waals surface area contributed by atoms with Crippen molar-refractivity contribution in [2.45, 2.75) is 51.2 Å². The van der Waals surface area contributed by atoms with Gasteiger partial charge in [0.1, 0.15) is 0 Å². The number of benzene rings is 1. The van der Waals surface area contributed by atoms with Crippen molar-refractivity contribution in [1.29, 1.82) is 0 Å². The van der Waals surface area contributed by atoms with Crippen molar-refractivity contribution in [2.24, 2.45) is 7.05 Å². The van der Waals surface area contributed by atoms with Crippen LogP contribution in [0, 0.1) is 0 Å². The molecule has 0 radical (unpaired) electrons. The number of ketones is 1. The van der Waals surface area contributed by atoms with Gasteiger partial charge in [-0.2, -0.15) is 0 Å². The molecule has 0 saturated carbocycles. The highest BCUT2D eigenvalue weighted by atomic mass is 32.2. The number of pyridine rings is 2. The molecule has 37 heavy (non-hydrogen) atoms. The van der Waals surface area contributed by atoms with Crippen molar-refractivity contribution >= 4 is 26.6 Å². The molecular formula is C27H33N3O5S2. The maximum atomic E-state index is 13.6. The van der Waals surface area contributed by atoms with E-state index in [0.717, 1.165) is 0 Å². The van der Waals surface area contributed by atoms with Crippen molar-refractivity contribution in [2.75, 3.05) is 5.75 Å². The quantitative estimate of drug-likeness (QED) is 0.411. The molecule has 8 nitrogen and oxygen atoms in total. The van der Waals surface area contributed by atoms with Gasteiger partial charge in [-0.25, -0.2) is 17.3 Å². The molecule has 0 aliphatic rings. The third-order valence-electron chi connectivity index (χ3n) is 5.95. The molecule has 0 aliphatic heterocycles. The van der Waals surface area contributed by atoms with Gasteiger partial charge in [0.15, 0.2) is 15.6 Å². The third kappa shape index (κ3) is 6.88. The molecule has 2 atom stereocenters. The highest BCUT2D eigenvalue weighted by molar-refractivity contribution is 7.90. The second kappa shape index (κ2) is 11.2. The number of hydrogen-bond donors (Lipinski definition) is 1. The van der Waals surface area contributed by atoms with Gasteiger partial charge in [-0.05, 0) is 62.6 Å². The number of carbonyl (C=O) groups is 1. The summed E-state index contributed by atoms with van der Waals surface area (Å²) in [4.78, 5) is 30.2. The van der Waals surface area contributed by atoms with Crippen LogP contribution >= 0.6 is 0 Å². The summed E-state index contributed by atoms with van der Waals surface area (Å²) in [5, 5.41) is 0. The first-order valence-corrected chi connectivity index (χ1v) is 14.9. The Morgan fingerprint density at radius 3 is 2.35 bits per heavy atom. The second-order valence-corrected chi connectivity index (χ2v) is 14.3. The molecule has 3 aromatic rings. The summed E-state index contributed by atoms with van der Waals surface area (Å²) in [6.45, 7) is 8.92. The van der Waals surface area contributed by atoms with Gasteiger partial charge in [-0.1, -0.05) is 19.1 Å². The lowest BCUT2D eigenvalue weighted by Gasteiger charge is -2.24. The van der Waals surface area contributed by atoms with E-state index in [-0.39, 0.29) is 22.8 Å². The van der Waals surface area contributed by atoms with Crippen LogP contribution in [0.5, 0.6) is 0 Å². The van der Waals surface area contributed by atoms with Crippen LogP contribution in [-0.4, -0.2) is 38.5 Å². The van der Waals surface area contributed by atoms with Gasteiger partial charge in [0.2, 0.25) is 0 Å². The van der Waals surface area contributed by atoms with E-state index in [1.54, 1.807) is 57.4 Å². The maximum Gasteiger partial charge on any atom is 0.250 e. The molecule has 0 unspecified atom stereocenters. The van der Waals surface area contributed by atoms with E-state index in [1.807, 2.05) is 20.8 Å². The number of nitrogens with zero attached hydrogens (tertiary/aromatic N) is 2. The largest absolute Gasteiger partial charge is 0.318 e. The first kappa shape index (κ1) is 28.6. The number of aromatic nitrogens is 2. The zero-order valence-electron chi connectivity index (χ0n) is 21.9. The highest BCUT2D eigenvalue weighted by Gasteiger charge is 2.25. The van der Waals surface area contributed by atoms with Crippen LogP contribution in [0.3, 0.4) is 0 Å². The Hall–Kier alpha value is -2.95. The Morgan fingerprint density at radius 2 is 1.76 bits per heavy atom. The van der Waals surface area contributed by atoms with E-state index in [4.69, 9.17) is 0 Å². The van der Waals surface area contributed by atoms with Crippen molar-refractivity contribution in [1.82, 2.24) is 14.3 Å². The summed E-state index contributed by atoms with van der Waals surface area (Å²) >= 11 is 0. The van der Waals surface area contributed by atoms with Gasteiger partial charge >= 0.3 is 0 Å². The fraction of sp³-hybridized carbons (Fsp3) is 0.370. The number of aryl methyl sites for hydroxylation is 1. The minimum Gasteiger partial charge on any atom is -0.318 e. The van der Waals surface area contributed by atoms with E-state index in [0.29, 0.717) is 33.4 Å². The lowest BCUT2D eigenvalue weighted by molar-refractivity contribution is 0.103. The Morgan fingerprint density at radius 1 is 1.11 bits per heavy atom. The van der Waals surface area contributed by atoms with Crippen molar-refractivity contribution in [3.63, 3.8) is 0 Å². The summed E-state index contributed by atoms with van der Waals surface area (Å²) in [6, 6.07) is 9.14. The Kier molecular flexibility index (Phi) is 8.66. The molecule has 3 rings (SSSR count). The predicted molar refractivity (Wildman–Crippen MR) is 147 cm³/mol. The predicted octanol–water partition coefficient (Wildman–Crippen LogP) is 3.73. The van der Waals surface area contributed by atoms with E-state index >= 15 is 0 Å². The van der Waals surface area contributed by atoms with Crippen LogP contribution in [0.1, 0.15) is 67.7 Å². The van der Waals surface area contributed by atoms with Gasteiger partial charge in [0.05, 0.1) is 21.5 Å². The monoisotopic (exact) mass is 543 g/mol. The van der Waals surface area contributed by atoms with Gasteiger partial charge < -0.3 is 4.57 Å². The molecule has 0 aliphatic carbocycles. The standard InChI is InChI=1S/C27H33N3O5S2/c1-7-37(34,35)17-19-8-9-21(26(32)20-10-12-28-13-11-20)23(14-19)24-16-30(6)25(31)15-22(24)18(2)29-36(33)27(3,4)5/h8-16,18,29H,7,17H2,1-6H3/t18-,36-/m0/s1. The molecule has 1 aromatic carbocycles. The smallest absolute Gasteiger partial charge is 0.250 e. The molecule has 0 fully saturated rings. The van der Waals surface area contributed by atoms with E-state index in [1.165, 1.54) is 23.0 Å². The molecule has 0 amide bonds. The van der Waals surface area contributed by atoms with Gasteiger partial charge in [-0.15, -0.1) is 0 Å². The van der Waals surface area contributed by atoms with E-state index in [2.05, 4.69) is 9.71 Å². The molecular weight excluding hydrogens is 510 g/mol. The molecule has 2 heterocycles. The van der Waals surface area contributed by atoms with E-state index < -0.39 is 31.6 Å². The minimum absolute atomic E-state index is 0.00924. The average molecular weight is 544 g/mol. The van der Waals surface area contributed by atoms with Crippen LogP contribution < -0.4 is 10.3 Å². The van der Waals surface area contributed by atoms with Crippen molar-refractivity contribution in [3.8, 4) is 11.1 Å². The van der Waals surface area contributed by atoms with Gasteiger partial charge in [-0.3, -0.25) is 14.6 Å². The summed E-state index contributed by atoms with van der Waals surface area (Å²) in [6.07, 6.45) is 4.69. The lowest BCUT2D eigenvalue weighted by atomic mass is 9.90. The lowest BCUT2D eigenvalue weighted by Crippen LogP contribution is -2.35. The molecule has 198 valence electrons. The number of carbonyl (C=O) groups excluding carboxylic acids is 1. The number of sulfone groups is 1. The Balaban J connectivity index is 2.27. The SMILES string of the molecule is CCS(=O)(=O)Cc1ccc(C(=O)c2ccncc2)c(-c2cn(C)c(=O)cc2[C@H](C)N[S@@](=O)C(C)(C)C)c1. The molecule has 0 saturated heterocycles. The molecule has 1 N–H and O–H groups in total. The third-order valence-corrected chi connectivity index (χ3v) is 9.29. The first-order chi connectivity index (χ1) is 17.2. The van der Waals surface area contributed by atoms with Crippen molar-refractivity contribution in [3.05, 3.63) is 87.6 Å². The Bertz CT molecular complexity index is 1490. The molecule has 0 spiro atoms. The van der Waals surface area contributed by atoms with Crippen LogP contribution in [0.4, 0.5) is 0 Å². The van der Waals surface area contributed by atoms with Crippen LogP contribution in [0.2, 0.25) is 0 Å². The Labute approximate surface area is 220 Å². The zero-order chi connectivity index (χ0) is 27.5. The van der Waals surface area contributed by atoms with Gasteiger partial charge in [0.25, 0.3) is 5.56 Å². The molecule has 0 bridgehead atoms. The normalized spacial score (nSPS) is 13.8. The topological polar surface area (TPSA) is 115 Å². The fourth-order valence-corrected chi connectivity index (χ4v) is 5.44. The average Bonchev–Trinajstić information content (AvgIpc) is 2.84. The zero-order valence-corrected chi connectivity index (χ0v) is 23.6. The summed E-state index contributed by atoms with van der Waals surface area (Å²) in [7, 11) is -3.14. The molecule has 2 aromatic heterocycles. The minimum atomic E-state index is -3.33. The van der Waals surface area contributed by atoms with Gasteiger partial charge in [0, 0.05) is 60.2 Å². The highest BCUT2D eigenvalue weighted by Crippen LogP contribution is 2.33. The van der Waals surface area contributed by atoms with E-state index in [9.17, 15) is 22.2 Å². The second-order valence-electron chi connectivity index (χ2n) is 9.93. The van der Waals surface area contributed by atoms with Crippen molar-refractivity contribution < 1.29 is 17.4 Å². The van der Waals surface area contributed by atoms with Crippen LogP contribution in [0.15, 0.2) is 59.8 Å². The van der Waals surface area contributed by atoms with Crippen LogP contribution in [-0.2, 0) is 33.6 Å². The van der Waals surface area contributed by atoms with Crippen LogP contribution in [0.25, 0.3) is 11.1 Å². The number of rotatable bonds is 9. The summed E-state index contributed by atoms with van der Waals surface area (Å²) in [5.74, 6) is -0.450.